The summed E-state index contributed by atoms with van der Waals surface area (Å²) in [6, 6.07) is 0. The molecule has 22 heavy (non-hydrogen) atoms. The van der Waals surface area contributed by atoms with Gasteiger partial charge in [-0.1, -0.05) is 115 Å². The van der Waals surface area contributed by atoms with Crippen LogP contribution in [0.5, 0.6) is 0 Å². The second-order valence-electron chi connectivity index (χ2n) is 6.87. The van der Waals surface area contributed by atoms with Gasteiger partial charge in [-0.15, -0.1) is 13.2 Å². The van der Waals surface area contributed by atoms with E-state index in [1.54, 1.807) is 0 Å². The Labute approximate surface area is 141 Å². The van der Waals surface area contributed by atoms with Crippen LogP contribution in [-0.2, 0) is 0 Å². The minimum absolute atomic E-state index is 0.530. The number of hydrogen-bond acceptors (Lipinski definition) is 0. The van der Waals surface area contributed by atoms with Crippen LogP contribution in [-0.4, -0.2) is 0 Å². The lowest BCUT2D eigenvalue weighted by Crippen LogP contribution is -1.90. The van der Waals surface area contributed by atoms with Gasteiger partial charge in [-0.25, -0.2) is 0 Å². The van der Waals surface area contributed by atoms with E-state index >= 15 is 0 Å². The molecule has 0 saturated heterocycles. The fourth-order valence-corrected chi connectivity index (χ4v) is 3.08. The van der Waals surface area contributed by atoms with Gasteiger partial charge in [-0.05, 0) is 12.3 Å². The van der Waals surface area contributed by atoms with E-state index in [0.29, 0.717) is 5.92 Å². The van der Waals surface area contributed by atoms with Crippen LogP contribution in [0.15, 0.2) is 25.3 Å². The zero-order valence-corrected chi connectivity index (χ0v) is 15.5. The normalized spacial score (nSPS) is 11.0. The van der Waals surface area contributed by atoms with E-state index in [9.17, 15) is 0 Å². The van der Waals surface area contributed by atoms with Crippen molar-refractivity contribution in [2.75, 3.05) is 0 Å². The van der Waals surface area contributed by atoms with Gasteiger partial charge in [0.25, 0.3) is 0 Å². The second-order valence-corrected chi connectivity index (χ2v) is 6.87. The molecule has 0 heteroatoms. The second kappa shape index (κ2) is 18.5. The van der Waals surface area contributed by atoms with Gasteiger partial charge in [-0.3, -0.25) is 0 Å². The first-order valence-corrected chi connectivity index (χ1v) is 10.1. The first kappa shape index (κ1) is 21.5. The molecule has 0 bridgehead atoms. The Morgan fingerprint density at radius 3 is 1.18 bits per heavy atom. The van der Waals surface area contributed by atoms with E-state index in [1.165, 1.54) is 103 Å². The van der Waals surface area contributed by atoms with Gasteiger partial charge in [-0.2, -0.15) is 0 Å². The summed E-state index contributed by atoms with van der Waals surface area (Å²) in [5.41, 5.74) is 0. The standard InChI is InChI=1S/C22H42/c1-4-7-8-9-10-11-12-13-14-15-16-17-18-19-20-21-22(5-2)6-3/h5-6,22H,2-4,7-21H2,1H3. The summed E-state index contributed by atoms with van der Waals surface area (Å²) >= 11 is 0. The summed E-state index contributed by atoms with van der Waals surface area (Å²) in [4.78, 5) is 0. The van der Waals surface area contributed by atoms with Gasteiger partial charge < -0.3 is 0 Å². The van der Waals surface area contributed by atoms with Crippen LogP contribution in [0.25, 0.3) is 0 Å². The summed E-state index contributed by atoms with van der Waals surface area (Å²) in [6.07, 6.45) is 26.8. The predicted molar refractivity (Wildman–Crippen MR) is 103 cm³/mol. The maximum absolute atomic E-state index is 3.85. The molecule has 0 nitrogen and oxygen atoms in total. The molecule has 0 spiro atoms. The molecule has 0 aromatic carbocycles. The molecule has 0 radical (unpaired) electrons. The Kier molecular flexibility index (Phi) is 18.1. The Morgan fingerprint density at radius 1 is 0.545 bits per heavy atom. The van der Waals surface area contributed by atoms with Crippen molar-refractivity contribution < 1.29 is 0 Å². The van der Waals surface area contributed by atoms with Crippen LogP contribution in [0, 0.1) is 5.92 Å². The molecular formula is C22H42. The van der Waals surface area contributed by atoms with Gasteiger partial charge in [0.2, 0.25) is 0 Å². The van der Waals surface area contributed by atoms with Crippen LogP contribution in [0.3, 0.4) is 0 Å². The van der Waals surface area contributed by atoms with Crippen molar-refractivity contribution in [3.63, 3.8) is 0 Å². The lowest BCUT2D eigenvalue weighted by Gasteiger charge is -2.06. The topological polar surface area (TPSA) is 0 Å². The molecule has 0 aromatic heterocycles. The first-order valence-electron chi connectivity index (χ1n) is 10.1. The highest BCUT2D eigenvalue weighted by atomic mass is 14.0. The quantitative estimate of drug-likeness (QED) is 0.177. The zero-order chi connectivity index (χ0) is 16.3. The van der Waals surface area contributed by atoms with E-state index in [4.69, 9.17) is 0 Å². The molecule has 0 aliphatic carbocycles. The highest BCUT2D eigenvalue weighted by Gasteiger charge is 1.98. The van der Waals surface area contributed by atoms with Gasteiger partial charge in [0.1, 0.15) is 0 Å². The maximum Gasteiger partial charge on any atom is -0.00589 e. The van der Waals surface area contributed by atoms with Crippen molar-refractivity contribution in [3.8, 4) is 0 Å². The molecule has 0 aliphatic heterocycles. The van der Waals surface area contributed by atoms with Gasteiger partial charge in [0.05, 0.1) is 0 Å². The molecule has 0 unspecified atom stereocenters. The van der Waals surface area contributed by atoms with Crippen LogP contribution < -0.4 is 0 Å². The molecule has 0 aromatic rings. The minimum atomic E-state index is 0.530. The van der Waals surface area contributed by atoms with Crippen molar-refractivity contribution in [2.24, 2.45) is 5.92 Å². The first-order chi connectivity index (χ1) is 10.8. The highest BCUT2D eigenvalue weighted by molar-refractivity contribution is 4.91. The van der Waals surface area contributed by atoms with E-state index < -0.39 is 0 Å². The molecule has 0 rings (SSSR count). The fourth-order valence-electron chi connectivity index (χ4n) is 3.08. The van der Waals surface area contributed by atoms with Gasteiger partial charge in [0, 0.05) is 0 Å². The van der Waals surface area contributed by atoms with Crippen LogP contribution >= 0.6 is 0 Å². The van der Waals surface area contributed by atoms with Crippen molar-refractivity contribution >= 4 is 0 Å². The largest absolute Gasteiger partial charge is 0.102 e. The van der Waals surface area contributed by atoms with E-state index in [-0.39, 0.29) is 0 Å². The maximum atomic E-state index is 3.85. The summed E-state index contributed by atoms with van der Waals surface area (Å²) in [5, 5.41) is 0. The molecular weight excluding hydrogens is 264 g/mol. The molecule has 0 fully saturated rings. The lowest BCUT2D eigenvalue weighted by atomic mass is 10.00. The third kappa shape index (κ3) is 15.9. The molecule has 0 aliphatic rings. The SMILES string of the molecule is C=CC(C=C)CCCCCCCCCCCCCCCCC. The van der Waals surface area contributed by atoms with Crippen LogP contribution in [0.2, 0.25) is 0 Å². The minimum Gasteiger partial charge on any atom is -0.102 e. The Balaban J connectivity index is 3.05. The van der Waals surface area contributed by atoms with Gasteiger partial charge >= 0.3 is 0 Å². The number of hydrogen-bond donors (Lipinski definition) is 0. The zero-order valence-electron chi connectivity index (χ0n) is 15.5. The monoisotopic (exact) mass is 306 g/mol. The van der Waals surface area contributed by atoms with Crippen molar-refractivity contribution in [2.45, 2.75) is 110 Å². The Bertz CT molecular complexity index is 220. The molecule has 130 valence electrons. The fraction of sp³-hybridized carbons (Fsp3) is 0.818. The smallest absolute Gasteiger partial charge is 0.00589 e. The van der Waals surface area contributed by atoms with E-state index in [0.717, 1.165) is 0 Å². The van der Waals surface area contributed by atoms with E-state index in [2.05, 4.69) is 20.1 Å². The van der Waals surface area contributed by atoms with Crippen molar-refractivity contribution in [3.05, 3.63) is 25.3 Å². The summed E-state index contributed by atoms with van der Waals surface area (Å²) in [7, 11) is 0. The summed E-state index contributed by atoms with van der Waals surface area (Å²) < 4.78 is 0. The number of rotatable bonds is 18. The molecule has 0 amide bonds. The number of unbranched alkanes of at least 4 members (excludes halogenated alkanes) is 14. The molecule has 0 heterocycles. The summed E-state index contributed by atoms with van der Waals surface area (Å²) in [6.45, 7) is 9.99. The molecule has 0 saturated carbocycles. The van der Waals surface area contributed by atoms with E-state index in [1.807, 2.05) is 12.2 Å². The average molecular weight is 307 g/mol. The van der Waals surface area contributed by atoms with Crippen molar-refractivity contribution in [1.29, 1.82) is 0 Å². The molecule has 0 N–H and O–H groups in total. The van der Waals surface area contributed by atoms with Crippen LogP contribution in [0.1, 0.15) is 110 Å². The van der Waals surface area contributed by atoms with Crippen LogP contribution in [0.4, 0.5) is 0 Å². The third-order valence-electron chi connectivity index (χ3n) is 4.75. The Morgan fingerprint density at radius 2 is 0.864 bits per heavy atom. The molecule has 0 atom stereocenters. The average Bonchev–Trinajstić information content (AvgIpc) is 2.55. The van der Waals surface area contributed by atoms with Crippen molar-refractivity contribution in [1.82, 2.24) is 0 Å². The third-order valence-corrected chi connectivity index (χ3v) is 4.75. The number of allylic oxidation sites excluding steroid dienone is 2. The Hall–Kier alpha value is -0.520. The summed E-state index contributed by atoms with van der Waals surface area (Å²) in [5.74, 6) is 0.530. The van der Waals surface area contributed by atoms with Gasteiger partial charge in [0.15, 0.2) is 0 Å². The predicted octanol–water partition coefficient (Wildman–Crippen LogP) is 8.24. The highest BCUT2D eigenvalue weighted by Crippen LogP contribution is 2.15. The lowest BCUT2D eigenvalue weighted by molar-refractivity contribution is 0.524.